The van der Waals surface area contributed by atoms with Gasteiger partial charge in [0.2, 0.25) is 0 Å². The van der Waals surface area contributed by atoms with Gasteiger partial charge in [-0.25, -0.2) is 4.79 Å². The SMILES string of the molecule is COC(=O)C(O)(C(C)C)C1CCc2ccc(C)cc21. The smallest absolute Gasteiger partial charge is 0.338 e. The van der Waals surface area contributed by atoms with Crippen LogP contribution in [0.2, 0.25) is 0 Å². The molecule has 0 bridgehead atoms. The molecule has 2 rings (SSSR count). The van der Waals surface area contributed by atoms with Gasteiger partial charge in [0.1, 0.15) is 0 Å². The van der Waals surface area contributed by atoms with E-state index in [1.807, 2.05) is 20.8 Å². The van der Waals surface area contributed by atoms with Crippen molar-refractivity contribution in [3.05, 3.63) is 34.9 Å². The summed E-state index contributed by atoms with van der Waals surface area (Å²) >= 11 is 0. The van der Waals surface area contributed by atoms with Crippen LogP contribution >= 0.6 is 0 Å². The van der Waals surface area contributed by atoms with Crippen LogP contribution in [0.1, 0.15) is 42.9 Å². The van der Waals surface area contributed by atoms with E-state index in [0.717, 1.165) is 24.0 Å². The van der Waals surface area contributed by atoms with Crippen LogP contribution in [0.5, 0.6) is 0 Å². The standard InChI is InChI=1S/C16H22O3/c1-10(2)16(18,15(17)19-4)14-8-7-12-6-5-11(3)9-13(12)14/h5-6,9-10,14,18H,7-8H2,1-4H3. The molecule has 2 atom stereocenters. The van der Waals surface area contributed by atoms with Gasteiger partial charge in [0.05, 0.1) is 7.11 Å². The molecule has 1 aliphatic carbocycles. The minimum atomic E-state index is -1.44. The second-order valence-corrected chi connectivity index (χ2v) is 5.77. The highest BCUT2D eigenvalue weighted by molar-refractivity contribution is 5.81. The maximum absolute atomic E-state index is 12.1. The number of esters is 1. The summed E-state index contributed by atoms with van der Waals surface area (Å²) in [5.74, 6) is -0.881. The van der Waals surface area contributed by atoms with Crippen molar-refractivity contribution in [2.45, 2.75) is 45.1 Å². The lowest BCUT2D eigenvalue weighted by atomic mass is 9.75. The normalized spacial score (nSPS) is 21.1. The molecule has 0 heterocycles. The number of benzene rings is 1. The summed E-state index contributed by atoms with van der Waals surface area (Å²) in [6, 6.07) is 6.26. The first kappa shape index (κ1) is 14.1. The Morgan fingerprint density at radius 1 is 1.47 bits per heavy atom. The monoisotopic (exact) mass is 262 g/mol. The maximum Gasteiger partial charge on any atom is 0.338 e. The fraction of sp³-hybridized carbons (Fsp3) is 0.562. The zero-order chi connectivity index (χ0) is 14.2. The summed E-state index contributed by atoms with van der Waals surface area (Å²) in [7, 11) is 1.34. The molecule has 0 amide bonds. The van der Waals surface area contributed by atoms with Gasteiger partial charge in [-0.05, 0) is 36.8 Å². The van der Waals surface area contributed by atoms with Gasteiger partial charge < -0.3 is 9.84 Å². The Bertz CT molecular complexity index is 493. The van der Waals surface area contributed by atoms with E-state index in [1.165, 1.54) is 12.7 Å². The molecule has 1 N–H and O–H groups in total. The molecule has 0 saturated heterocycles. The van der Waals surface area contributed by atoms with E-state index < -0.39 is 11.6 Å². The Morgan fingerprint density at radius 2 is 2.16 bits per heavy atom. The number of hydrogen-bond acceptors (Lipinski definition) is 3. The summed E-state index contributed by atoms with van der Waals surface area (Å²) in [4.78, 5) is 12.1. The van der Waals surface area contributed by atoms with E-state index in [-0.39, 0.29) is 11.8 Å². The summed E-state index contributed by atoms with van der Waals surface area (Å²) in [5.41, 5.74) is 2.05. The van der Waals surface area contributed by atoms with E-state index in [0.29, 0.717) is 0 Å². The maximum atomic E-state index is 12.1. The number of aryl methyl sites for hydroxylation is 2. The molecule has 0 spiro atoms. The molecular weight excluding hydrogens is 240 g/mol. The van der Waals surface area contributed by atoms with E-state index in [2.05, 4.69) is 18.2 Å². The molecular formula is C16H22O3. The van der Waals surface area contributed by atoms with Crippen molar-refractivity contribution in [2.75, 3.05) is 7.11 Å². The van der Waals surface area contributed by atoms with Crippen LogP contribution in [0.3, 0.4) is 0 Å². The second-order valence-electron chi connectivity index (χ2n) is 5.77. The quantitative estimate of drug-likeness (QED) is 0.852. The number of aliphatic hydroxyl groups is 1. The van der Waals surface area contributed by atoms with Crippen LogP contribution in [-0.2, 0) is 16.0 Å². The summed E-state index contributed by atoms with van der Waals surface area (Å²) in [6.45, 7) is 5.76. The van der Waals surface area contributed by atoms with Gasteiger partial charge >= 0.3 is 5.97 Å². The van der Waals surface area contributed by atoms with E-state index in [9.17, 15) is 9.90 Å². The molecule has 3 nitrogen and oxygen atoms in total. The fourth-order valence-electron chi connectivity index (χ4n) is 3.12. The Hall–Kier alpha value is -1.35. The van der Waals surface area contributed by atoms with E-state index in [1.54, 1.807) is 0 Å². The van der Waals surface area contributed by atoms with Gasteiger partial charge in [-0.15, -0.1) is 0 Å². The molecule has 3 heteroatoms. The lowest BCUT2D eigenvalue weighted by molar-refractivity contribution is -0.170. The van der Waals surface area contributed by atoms with Crippen molar-refractivity contribution in [1.82, 2.24) is 0 Å². The highest BCUT2D eigenvalue weighted by Crippen LogP contribution is 2.44. The van der Waals surface area contributed by atoms with Gasteiger partial charge in [-0.2, -0.15) is 0 Å². The average Bonchev–Trinajstić information content (AvgIpc) is 2.79. The van der Waals surface area contributed by atoms with Gasteiger partial charge in [0.25, 0.3) is 0 Å². The number of rotatable bonds is 3. The minimum absolute atomic E-state index is 0.171. The van der Waals surface area contributed by atoms with Crippen molar-refractivity contribution in [3.63, 3.8) is 0 Å². The predicted octanol–water partition coefficient (Wildman–Crippen LogP) is 2.58. The van der Waals surface area contributed by atoms with Crippen LogP contribution in [0, 0.1) is 12.8 Å². The zero-order valence-corrected chi connectivity index (χ0v) is 12.1. The Balaban J connectivity index is 2.48. The molecule has 0 aromatic heterocycles. The molecule has 2 unspecified atom stereocenters. The topological polar surface area (TPSA) is 46.5 Å². The third-order valence-electron chi connectivity index (χ3n) is 4.30. The average molecular weight is 262 g/mol. The first-order valence-corrected chi connectivity index (χ1v) is 6.81. The zero-order valence-electron chi connectivity index (χ0n) is 12.1. The lowest BCUT2D eigenvalue weighted by Gasteiger charge is -2.35. The van der Waals surface area contributed by atoms with Gasteiger partial charge in [-0.1, -0.05) is 37.6 Å². The highest BCUT2D eigenvalue weighted by atomic mass is 16.5. The van der Waals surface area contributed by atoms with Crippen molar-refractivity contribution < 1.29 is 14.6 Å². The number of ether oxygens (including phenoxy) is 1. The third-order valence-corrected chi connectivity index (χ3v) is 4.30. The van der Waals surface area contributed by atoms with Crippen LogP contribution in [0.4, 0.5) is 0 Å². The molecule has 1 aliphatic rings. The van der Waals surface area contributed by atoms with Crippen molar-refractivity contribution in [1.29, 1.82) is 0 Å². The van der Waals surface area contributed by atoms with Gasteiger partial charge in [0, 0.05) is 5.92 Å². The summed E-state index contributed by atoms with van der Waals surface area (Å²) in [6.07, 6.45) is 1.70. The lowest BCUT2D eigenvalue weighted by Crippen LogP contribution is -2.49. The Labute approximate surface area is 114 Å². The molecule has 0 aliphatic heterocycles. The largest absolute Gasteiger partial charge is 0.467 e. The minimum Gasteiger partial charge on any atom is -0.467 e. The molecule has 19 heavy (non-hydrogen) atoms. The predicted molar refractivity (Wildman–Crippen MR) is 74.0 cm³/mol. The van der Waals surface area contributed by atoms with Crippen LogP contribution < -0.4 is 0 Å². The number of carbonyl (C=O) groups excluding carboxylic acids is 1. The van der Waals surface area contributed by atoms with Crippen LogP contribution in [-0.4, -0.2) is 23.8 Å². The third kappa shape index (κ3) is 2.16. The highest BCUT2D eigenvalue weighted by Gasteiger charge is 2.50. The number of fused-ring (bicyclic) bond motifs is 1. The van der Waals surface area contributed by atoms with Crippen molar-refractivity contribution >= 4 is 5.97 Å². The summed E-state index contributed by atoms with van der Waals surface area (Å²) < 4.78 is 4.85. The second kappa shape index (κ2) is 4.97. The Morgan fingerprint density at radius 3 is 2.74 bits per heavy atom. The first-order chi connectivity index (χ1) is 8.91. The number of methoxy groups -OCH3 is 1. The molecule has 0 saturated carbocycles. The van der Waals surface area contributed by atoms with E-state index in [4.69, 9.17) is 4.74 Å². The molecule has 0 fully saturated rings. The molecule has 0 radical (unpaired) electrons. The molecule has 104 valence electrons. The molecule has 1 aromatic rings. The summed E-state index contributed by atoms with van der Waals surface area (Å²) in [5, 5.41) is 10.9. The molecule has 1 aromatic carbocycles. The van der Waals surface area contributed by atoms with Crippen molar-refractivity contribution in [2.24, 2.45) is 5.92 Å². The van der Waals surface area contributed by atoms with Gasteiger partial charge in [-0.3, -0.25) is 0 Å². The van der Waals surface area contributed by atoms with Crippen LogP contribution in [0.15, 0.2) is 18.2 Å². The van der Waals surface area contributed by atoms with Gasteiger partial charge in [0.15, 0.2) is 5.60 Å². The first-order valence-electron chi connectivity index (χ1n) is 6.81. The number of carbonyl (C=O) groups is 1. The van der Waals surface area contributed by atoms with Crippen molar-refractivity contribution in [3.8, 4) is 0 Å². The van der Waals surface area contributed by atoms with E-state index >= 15 is 0 Å². The fourth-order valence-corrected chi connectivity index (χ4v) is 3.12. The number of hydrogen-bond donors (Lipinski definition) is 1. The Kier molecular flexibility index (Phi) is 3.68. The van der Waals surface area contributed by atoms with Crippen LogP contribution in [0.25, 0.3) is 0 Å².